The van der Waals surface area contributed by atoms with Gasteiger partial charge in [-0.3, -0.25) is 0 Å². The van der Waals surface area contributed by atoms with Crippen molar-refractivity contribution >= 4 is 37.9 Å². The largest absolute Gasteiger partial charge is 0.396 e. The predicted octanol–water partition coefficient (Wildman–Crippen LogP) is 3.50. The Balaban J connectivity index is 0.000000196. The summed E-state index contributed by atoms with van der Waals surface area (Å²) >= 11 is 5.72. The number of nitrogens with two attached hydrogens (primary N) is 1. The van der Waals surface area contributed by atoms with E-state index in [2.05, 4.69) is 26.4 Å². The monoisotopic (exact) mass is 466 g/mol. The van der Waals surface area contributed by atoms with E-state index >= 15 is 0 Å². The smallest absolute Gasteiger partial charge is 0.147 e. The Hall–Kier alpha value is -1.80. The van der Waals surface area contributed by atoms with Gasteiger partial charge < -0.3 is 29.8 Å². The average Bonchev–Trinajstić information content (AvgIpc) is 3.33. The first-order chi connectivity index (χ1) is 14.9. The summed E-state index contributed by atoms with van der Waals surface area (Å²) in [6.07, 6.45) is 4.23. The number of aromatic nitrogens is 3. The van der Waals surface area contributed by atoms with Crippen LogP contribution in [-0.4, -0.2) is 44.1 Å². The maximum absolute atomic E-state index is 9.43. The quantitative estimate of drug-likeness (QED) is 0.476. The molecular weight excluding hydrogens is 439 g/mol. The normalized spacial score (nSPS) is 21.6. The predicted molar refractivity (Wildman–Crippen MR) is 123 cm³/mol. The molecule has 0 spiro atoms. The van der Waals surface area contributed by atoms with Crippen molar-refractivity contribution in [1.29, 1.82) is 0 Å². The number of aliphatic hydroxyl groups is 2. The average molecular weight is 467 g/mol. The van der Waals surface area contributed by atoms with Gasteiger partial charge in [0.15, 0.2) is 0 Å². The minimum Gasteiger partial charge on any atom is -0.396 e. The van der Waals surface area contributed by atoms with Crippen LogP contribution in [0.25, 0.3) is 11.0 Å². The SMILES string of the molecule is CC1CC(COP)OC1n1ccc2c(N)ncnc21.OCCC(O)c1cccc(Cl)c1. The van der Waals surface area contributed by atoms with Gasteiger partial charge in [-0.1, -0.05) is 30.7 Å². The Morgan fingerprint density at radius 1 is 1.39 bits per heavy atom. The van der Waals surface area contributed by atoms with Gasteiger partial charge in [0.1, 0.15) is 24.0 Å². The number of rotatable bonds is 6. The van der Waals surface area contributed by atoms with E-state index in [1.807, 2.05) is 16.8 Å². The van der Waals surface area contributed by atoms with E-state index in [1.165, 1.54) is 6.33 Å². The number of aliphatic hydroxyl groups excluding tert-OH is 2. The fraction of sp³-hybridized carbons (Fsp3) is 0.429. The fourth-order valence-electron chi connectivity index (χ4n) is 3.67. The van der Waals surface area contributed by atoms with E-state index in [4.69, 9.17) is 31.7 Å². The molecule has 1 aliphatic heterocycles. The van der Waals surface area contributed by atoms with Crippen LogP contribution in [-0.2, 0) is 9.26 Å². The molecule has 4 N–H and O–H groups in total. The number of nitrogens with zero attached hydrogens (tertiary/aromatic N) is 3. The topological polar surface area (TPSA) is 116 Å². The number of fused-ring (bicyclic) bond motifs is 1. The van der Waals surface area contributed by atoms with Crippen molar-refractivity contribution in [3.05, 3.63) is 53.4 Å². The van der Waals surface area contributed by atoms with Crippen LogP contribution >= 0.6 is 21.1 Å². The summed E-state index contributed by atoms with van der Waals surface area (Å²) in [4.78, 5) is 8.31. The Kier molecular flexibility index (Phi) is 8.60. The van der Waals surface area contributed by atoms with Crippen molar-refractivity contribution in [3.63, 3.8) is 0 Å². The van der Waals surface area contributed by atoms with Crippen molar-refractivity contribution < 1.29 is 19.5 Å². The van der Waals surface area contributed by atoms with Crippen LogP contribution in [0, 0.1) is 5.92 Å². The summed E-state index contributed by atoms with van der Waals surface area (Å²) in [6.45, 7) is 2.74. The van der Waals surface area contributed by atoms with Gasteiger partial charge in [0.2, 0.25) is 0 Å². The van der Waals surface area contributed by atoms with Gasteiger partial charge in [-0.25, -0.2) is 9.97 Å². The number of nitrogen functional groups attached to an aromatic ring is 1. The van der Waals surface area contributed by atoms with Gasteiger partial charge in [0.05, 0.1) is 24.2 Å². The number of hydrogen-bond acceptors (Lipinski definition) is 7. The molecule has 1 aliphatic rings. The lowest BCUT2D eigenvalue weighted by molar-refractivity contribution is -0.0225. The van der Waals surface area contributed by atoms with Gasteiger partial charge in [-0.05, 0) is 30.2 Å². The van der Waals surface area contributed by atoms with E-state index in [1.54, 1.807) is 24.3 Å². The summed E-state index contributed by atoms with van der Waals surface area (Å²) in [6, 6.07) is 8.93. The molecule has 4 rings (SSSR count). The third-order valence-corrected chi connectivity index (χ3v) is 5.61. The van der Waals surface area contributed by atoms with Gasteiger partial charge in [0, 0.05) is 39.6 Å². The summed E-state index contributed by atoms with van der Waals surface area (Å²) in [7, 11) is 2.26. The molecule has 0 radical (unpaired) electrons. The molecule has 0 aliphatic carbocycles. The van der Waals surface area contributed by atoms with Gasteiger partial charge in [-0.2, -0.15) is 0 Å². The zero-order chi connectivity index (χ0) is 22.4. The number of halogens is 1. The van der Waals surface area contributed by atoms with Crippen molar-refractivity contribution in [2.24, 2.45) is 5.92 Å². The molecule has 3 heterocycles. The molecule has 1 saturated heterocycles. The zero-order valence-electron chi connectivity index (χ0n) is 17.3. The number of benzene rings is 1. The number of hydrogen-bond donors (Lipinski definition) is 3. The van der Waals surface area contributed by atoms with E-state index in [9.17, 15) is 5.11 Å². The molecule has 0 saturated carbocycles. The molecule has 31 heavy (non-hydrogen) atoms. The maximum atomic E-state index is 9.43. The van der Waals surface area contributed by atoms with Crippen LogP contribution in [0.3, 0.4) is 0 Å². The van der Waals surface area contributed by atoms with Gasteiger partial charge in [-0.15, -0.1) is 0 Å². The molecule has 0 bridgehead atoms. The van der Waals surface area contributed by atoms with Crippen LogP contribution < -0.4 is 5.73 Å². The second-order valence-corrected chi connectivity index (χ2v) is 8.27. The lowest BCUT2D eigenvalue weighted by Crippen LogP contribution is -2.15. The van der Waals surface area contributed by atoms with Crippen molar-refractivity contribution in [3.8, 4) is 0 Å². The lowest BCUT2D eigenvalue weighted by Gasteiger charge is -2.18. The molecule has 3 aromatic rings. The van der Waals surface area contributed by atoms with Crippen LogP contribution in [0.5, 0.6) is 0 Å². The van der Waals surface area contributed by atoms with E-state index in [0.29, 0.717) is 29.8 Å². The van der Waals surface area contributed by atoms with Crippen molar-refractivity contribution in [1.82, 2.24) is 14.5 Å². The minimum absolute atomic E-state index is 0.0202. The van der Waals surface area contributed by atoms with E-state index < -0.39 is 6.10 Å². The molecular formula is C21H28ClN4O4P. The van der Waals surface area contributed by atoms with Crippen molar-refractivity contribution in [2.45, 2.75) is 38.2 Å². The molecule has 1 aromatic carbocycles. The zero-order valence-corrected chi connectivity index (χ0v) is 19.2. The second-order valence-electron chi connectivity index (χ2n) is 7.50. The van der Waals surface area contributed by atoms with Crippen LogP contribution in [0.1, 0.15) is 37.7 Å². The summed E-state index contributed by atoms with van der Waals surface area (Å²) < 4.78 is 13.1. The van der Waals surface area contributed by atoms with Crippen LogP contribution in [0.4, 0.5) is 5.82 Å². The second kappa shape index (κ2) is 11.2. The molecule has 10 heteroatoms. The minimum atomic E-state index is -0.617. The molecule has 8 nitrogen and oxygen atoms in total. The van der Waals surface area contributed by atoms with Crippen LogP contribution in [0.2, 0.25) is 5.02 Å². The standard InChI is InChI=1S/C12H17N4O2P.C9H11ClO2/c1-7-4-8(5-17-19)18-12(7)16-3-2-9-10(13)14-6-15-11(9)16;10-8-3-1-2-7(6-8)9(12)4-5-11/h2-3,6-8,12H,4-5,19H2,1H3,(H2,13,14,15);1-3,6,9,11-12H,4-5H2. The highest BCUT2D eigenvalue weighted by Crippen LogP contribution is 2.36. The highest BCUT2D eigenvalue weighted by molar-refractivity contribution is 7.09. The molecule has 1 fully saturated rings. The highest BCUT2D eigenvalue weighted by atomic mass is 35.5. The lowest BCUT2D eigenvalue weighted by atomic mass is 10.1. The van der Waals surface area contributed by atoms with Gasteiger partial charge >= 0.3 is 0 Å². The Morgan fingerprint density at radius 3 is 2.90 bits per heavy atom. The fourth-order valence-corrected chi connectivity index (χ4v) is 4.08. The van der Waals surface area contributed by atoms with E-state index in [0.717, 1.165) is 23.0 Å². The molecule has 168 valence electrons. The van der Waals surface area contributed by atoms with E-state index in [-0.39, 0.29) is 18.9 Å². The Labute approximate surface area is 188 Å². The summed E-state index contributed by atoms with van der Waals surface area (Å²) in [5, 5.41) is 19.5. The first-order valence-electron chi connectivity index (χ1n) is 10.0. The number of ether oxygens (including phenoxy) is 1. The van der Waals surface area contributed by atoms with Crippen molar-refractivity contribution in [2.75, 3.05) is 18.9 Å². The molecule has 0 amide bonds. The summed E-state index contributed by atoms with van der Waals surface area (Å²) in [5.74, 6) is 0.899. The first-order valence-corrected chi connectivity index (χ1v) is 10.9. The molecule has 5 unspecified atom stereocenters. The maximum Gasteiger partial charge on any atom is 0.147 e. The third kappa shape index (κ3) is 5.92. The van der Waals surface area contributed by atoms with Gasteiger partial charge in [0.25, 0.3) is 0 Å². The Morgan fingerprint density at radius 2 is 2.19 bits per heavy atom. The molecule has 2 aromatic heterocycles. The Bertz CT molecular complexity index is 989. The first kappa shape index (κ1) is 23.9. The summed E-state index contributed by atoms with van der Waals surface area (Å²) in [5.41, 5.74) is 7.41. The van der Waals surface area contributed by atoms with Crippen LogP contribution in [0.15, 0.2) is 42.9 Å². The highest BCUT2D eigenvalue weighted by Gasteiger charge is 2.34. The third-order valence-electron chi connectivity index (χ3n) is 5.19. The molecule has 5 atom stereocenters. The number of anilines is 1.